The molecule has 0 aliphatic carbocycles. The van der Waals surface area contributed by atoms with Crippen LogP contribution in [0.25, 0.3) is 45.0 Å². The second-order valence-electron chi connectivity index (χ2n) is 9.97. The molecular formula is C38H31NO7. The molecule has 0 fully saturated rings. The molecule has 5 aromatic carbocycles. The summed E-state index contributed by atoms with van der Waals surface area (Å²) in [5, 5.41) is 18.0. The van der Waals surface area contributed by atoms with Gasteiger partial charge >= 0.3 is 11.9 Å². The van der Waals surface area contributed by atoms with E-state index in [9.17, 15) is 9.59 Å². The first-order chi connectivity index (χ1) is 22.4. The Labute approximate surface area is 266 Å². The highest BCUT2D eigenvalue weighted by Crippen LogP contribution is 2.34. The van der Waals surface area contributed by atoms with E-state index in [-0.39, 0.29) is 6.61 Å². The van der Waals surface area contributed by atoms with E-state index < -0.39 is 11.9 Å². The van der Waals surface area contributed by atoms with Crippen LogP contribution in [0.3, 0.4) is 0 Å². The van der Waals surface area contributed by atoms with E-state index in [1.807, 2.05) is 110 Å². The van der Waals surface area contributed by atoms with Crippen LogP contribution in [0.2, 0.25) is 0 Å². The van der Waals surface area contributed by atoms with E-state index in [1.165, 1.54) is 0 Å². The topological polar surface area (TPSA) is 119 Å². The molecule has 1 aromatic heterocycles. The van der Waals surface area contributed by atoms with Gasteiger partial charge in [-0.15, -0.1) is 0 Å². The molecule has 0 unspecified atom stereocenters. The zero-order valence-electron chi connectivity index (χ0n) is 25.0. The number of hydrogen-bond donors (Lipinski definition) is 2. The highest BCUT2D eigenvalue weighted by molar-refractivity contribution is 5.96. The number of aromatic nitrogens is 1. The third-order valence-corrected chi connectivity index (χ3v) is 6.85. The smallest absolute Gasteiger partial charge is 0.341 e. The van der Waals surface area contributed by atoms with Crippen LogP contribution in [-0.4, -0.2) is 40.3 Å². The van der Waals surface area contributed by atoms with Crippen LogP contribution >= 0.6 is 0 Å². The maximum absolute atomic E-state index is 11.2. The van der Waals surface area contributed by atoms with Gasteiger partial charge in [-0.05, 0) is 65.6 Å². The van der Waals surface area contributed by atoms with E-state index in [0.717, 1.165) is 39.3 Å². The number of aromatic carboxylic acids is 1. The van der Waals surface area contributed by atoms with Gasteiger partial charge in [0.15, 0.2) is 6.61 Å². The molecule has 8 nitrogen and oxygen atoms in total. The molecular weight excluding hydrogens is 582 g/mol. The minimum absolute atomic E-state index is 0.297. The fourth-order valence-corrected chi connectivity index (χ4v) is 4.80. The van der Waals surface area contributed by atoms with E-state index >= 15 is 0 Å². The largest absolute Gasteiger partial charge is 0.494 e. The van der Waals surface area contributed by atoms with Gasteiger partial charge in [-0.2, -0.15) is 0 Å². The Morgan fingerprint density at radius 2 is 1.22 bits per heavy atom. The van der Waals surface area contributed by atoms with E-state index in [1.54, 1.807) is 30.5 Å². The molecule has 8 heteroatoms. The molecule has 2 N–H and O–H groups in total. The van der Waals surface area contributed by atoms with E-state index in [0.29, 0.717) is 29.4 Å². The van der Waals surface area contributed by atoms with Crippen LogP contribution in [-0.2, 0) is 4.79 Å². The minimum atomic E-state index is -1.01. The second kappa shape index (κ2) is 15.0. The zero-order chi connectivity index (χ0) is 32.3. The number of rotatable bonds is 10. The van der Waals surface area contributed by atoms with Gasteiger partial charge in [-0.25, -0.2) is 14.6 Å². The van der Waals surface area contributed by atoms with Crippen LogP contribution in [0.5, 0.6) is 11.5 Å². The lowest BCUT2D eigenvalue weighted by Gasteiger charge is -2.09. The number of hydrogen-bond acceptors (Lipinski definition) is 6. The van der Waals surface area contributed by atoms with Crippen molar-refractivity contribution in [2.75, 3.05) is 13.2 Å². The molecule has 230 valence electrons. The van der Waals surface area contributed by atoms with Gasteiger partial charge in [-0.1, -0.05) is 91.0 Å². The van der Waals surface area contributed by atoms with Crippen LogP contribution in [0.4, 0.5) is 0 Å². The molecule has 0 bridgehead atoms. The summed E-state index contributed by atoms with van der Waals surface area (Å²) in [5.41, 5.74) is 6.25. The molecule has 0 atom stereocenters. The van der Waals surface area contributed by atoms with Gasteiger partial charge in [-0.3, -0.25) is 0 Å². The van der Waals surface area contributed by atoms with E-state index in [2.05, 4.69) is 4.98 Å². The summed E-state index contributed by atoms with van der Waals surface area (Å²) < 4.78 is 16.5. The van der Waals surface area contributed by atoms with Crippen LogP contribution < -0.4 is 9.47 Å². The number of benzene rings is 5. The van der Waals surface area contributed by atoms with Crippen molar-refractivity contribution in [3.63, 3.8) is 0 Å². The minimum Gasteiger partial charge on any atom is -0.494 e. The monoisotopic (exact) mass is 613 g/mol. The Balaban J connectivity index is 0.000000200. The predicted molar refractivity (Wildman–Crippen MR) is 176 cm³/mol. The lowest BCUT2D eigenvalue weighted by molar-refractivity contribution is -0.139. The Hall–Kier alpha value is -6.15. The normalized spacial score (nSPS) is 10.4. The molecule has 0 radical (unpaired) electrons. The van der Waals surface area contributed by atoms with Crippen molar-refractivity contribution in [3.05, 3.63) is 139 Å². The number of oxazole rings is 1. The standard InChI is InChI=1S/C23H17NO4.C15H14O3/c25-22(26)15-27-18-10-6-9-17(13-18)19-11-4-5-12-20(19)23-24-21(14-28-23)16-7-2-1-3-8-16;1-2-18-12-7-5-6-11(10-12)13-8-3-4-9-14(13)15(16)17/h1-14H,15H2,(H,25,26);3-10H,2H2,1H3,(H,16,17). The molecule has 0 saturated heterocycles. The van der Waals surface area contributed by atoms with Crippen LogP contribution in [0, 0.1) is 0 Å². The fourth-order valence-electron chi connectivity index (χ4n) is 4.80. The van der Waals surface area contributed by atoms with Crippen molar-refractivity contribution in [1.29, 1.82) is 0 Å². The summed E-state index contributed by atoms with van der Waals surface area (Å²) in [4.78, 5) is 26.6. The summed E-state index contributed by atoms with van der Waals surface area (Å²) in [7, 11) is 0. The lowest BCUT2D eigenvalue weighted by Crippen LogP contribution is -2.09. The molecule has 6 rings (SSSR count). The van der Waals surface area contributed by atoms with Gasteiger partial charge < -0.3 is 24.1 Å². The van der Waals surface area contributed by atoms with E-state index in [4.69, 9.17) is 24.1 Å². The second-order valence-corrected chi connectivity index (χ2v) is 9.97. The fraction of sp³-hybridized carbons (Fsp3) is 0.0789. The number of carbonyl (C=O) groups is 2. The van der Waals surface area contributed by atoms with Crippen molar-refractivity contribution in [2.45, 2.75) is 6.92 Å². The molecule has 0 amide bonds. The number of ether oxygens (including phenoxy) is 2. The van der Waals surface area contributed by atoms with Crippen LogP contribution in [0.15, 0.2) is 138 Å². The maximum Gasteiger partial charge on any atom is 0.341 e. The summed E-state index contributed by atoms with van der Waals surface area (Å²) in [6.07, 6.45) is 1.65. The number of aliphatic carboxylic acids is 1. The van der Waals surface area contributed by atoms with Gasteiger partial charge in [0.05, 0.1) is 12.2 Å². The van der Waals surface area contributed by atoms with Crippen LogP contribution in [0.1, 0.15) is 17.3 Å². The molecule has 0 aliphatic rings. The first kappa shape index (κ1) is 31.3. The molecule has 6 aromatic rings. The molecule has 46 heavy (non-hydrogen) atoms. The Kier molecular flexibility index (Phi) is 10.2. The van der Waals surface area contributed by atoms with Crippen molar-refractivity contribution in [3.8, 4) is 56.5 Å². The first-order valence-electron chi connectivity index (χ1n) is 14.5. The van der Waals surface area contributed by atoms with Crippen molar-refractivity contribution >= 4 is 11.9 Å². The maximum atomic E-state index is 11.2. The van der Waals surface area contributed by atoms with Gasteiger partial charge in [0.2, 0.25) is 5.89 Å². The summed E-state index contributed by atoms with van der Waals surface area (Å²) >= 11 is 0. The lowest BCUT2D eigenvalue weighted by atomic mass is 9.99. The average molecular weight is 614 g/mol. The quantitative estimate of drug-likeness (QED) is 0.158. The molecule has 0 saturated carbocycles. The summed E-state index contributed by atoms with van der Waals surface area (Å²) in [6, 6.07) is 39.3. The molecule has 1 heterocycles. The van der Waals surface area contributed by atoms with Gasteiger partial charge in [0.1, 0.15) is 23.5 Å². The number of nitrogens with zero attached hydrogens (tertiary/aromatic N) is 1. The van der Waals surface area contributed by atoms with Crippen molar-refractivity contribution in [1.82, 2.24) is 4.98 Å². The third kappa shape index (κ3) is 7.86. The van der Waals surface area contributed by atoms with Gasteiger partial charge in [0, 0.05) is 11.1 Å². The summed E-state index contributed by atoms with van der Waals surface area (Å²) in [5.74, 6) is -0.181. The SMILES string of the molecule is CCOc1cccc(-c2ccccc2C(=O)O)c1.O=C(O)COc1cccc(-c2ccccc2-c2nc(-c3ccccc3)co2)c1. The van der Waals surface area contributed by atoms with Crippen molar-refractivity contribution < 1.29 is 33.7 Å². The zero-order valence-corrected chi connectivity index (χ0v) is 25.0. The Bertz CT molecular complexity index is 1930. The highest BCUT2D eigenvalue weighted by atomic mass is 16.5. The number of carboxylic acid groups (broad SMARTS) is 2. The van der Waals surface area contributed by atoms with Gasteiger partial charge in [0.25, 0.3) is 0 Å². The van der Waals surface area contributed by atoms with Crippen molar-refractivity contribution in [2.24, 2.45) is 0 Å². The average Bonchev–Trinajstić information content (AvgIpc) is 3.59. The Morgan fingerprint density at radius 3 is 1.87 bits per heavy atom. The predicted octanol–water partition coefficient (Wildman–Crippen LogP) is 8.59. The summed E-state index contributed by atoms with van der Waals surface area (Å²) in [6.45, 7) is 2.12. The molecule has 0 aliphatic heterocycles. The third-order valence-electron chi connectivity index (χ3n) is 6.85. The first-order valence-corrected chi connectivity index (χ1v) is 14.5. The molecule has 0 spiro atoms. The highest BCUT2D eigenvalue weighted by Gasteiger charge is 2.14. The number of carboxylic acids is 2. The Morgan fingerprint density at radius 1 is 0.652 bits per heavy atom.